The Morgan fingerprint density at radius 2 is 2.10 bits per heavy atom. The second kappa shape index (κ2) is 6.73. The van der Waals surface area contributed by atoms with Crippen molar-refractivity contribution in [2.24, 2.45) is 0 Å². The van der Waals surface area contributed by atoms with Crippen LogP contribution in [-0.2, 0) is 9.59 Å². The van der Waals surface area contributed by atoms with E-state index in [-0.39, 0.29) is 31.3 Å². The number of carboxylic acid groups (broad SMARTS) is 1. The Hall–Kier alpha value is -2.33. The number of carbonyl (C=O) groups is 2. The highest BCUT2D eigenvalue weighted by molar-refractivity contribution is 5.92. The Balaban J connectivity index is 2.61. The van der Waals surface area contributed by atoms with Crippen molar-refractivity contribution in [3.8, 4) is 6.07 Å². The Morgan fingerprint density at radius 3 is 2.65 bits per heavy atom. The number of anilines is 1. The van der Waals surface area contributed by atoms with Crippen molar-refractivity contribution in [3.63, 3.8) is 0 Å². The van der Waals surface area contributed by atoms with Gasteiger partial charge in [0, 0.05) is 12.1 Å². The number of aryl methyl sites for hydroxylation is 1. The number of hydrogen-bond acceptors (Lipinski definition) is 5. The number of furan rings is 1. The third-order valence-corrected chi connectivity index (χ3v) is 2.87. The number of carbonyl (C=O) groups excluding carboxylic acids is 1. The van der Waals surface area contributed by atoms with Gasteiger partial charge in [-0.05, 0) is 20.9 Å². The van der Waals surface area contributed by atoms with Crippen LogP contribution in [0.15, 0.2) is 4.42 Å². The minimum absolute atomic E-state index is 0.0247. The summed E-state index contributed by atoms with van der Waals surface area (Å²) in [7, 11) is 1.65. The Morgan fingerprint density at radius 1 is 1.45 bits per heavy atom. The highest BCUT2D eigenvalue weighted by Gasteiger charge is 2.17. The largest absolute Gasteiger partial charge is 0.481 e. The molecule has 0 unspecified atom stereocenters. The SMILES string of the molecule is Cc1oc(NC(=O)CN(C)CCC(=O)O)c(C#N)c1C. The van der Waals surface area contributed by atoms with E-state index in [0.717, 1.165) is 0 Å². The van der Waals surface area contributed by atoms with Crippen molar-refractivity contribution in [3.05, 3.63) is 16.9 Å². The molecule has 1 aromatic rings. The molecule has 0 spiro atoms. The summed E-state index contributed by atoms with van der Waals surface area (Å²) in [5, 5.41) is 20.1. The van der Waals surface area contributed by atoms with Crippen molar-refractivity contribution in [2.45, 2.75) is 20.3 Å². The van der Waals surface area contributed by atoms with Gasteiger partial charge in [0.15, 0.2) is 0 Å². The number of aliphatic carboxylic acids is 1. The summed E-state index contributed by atoms with van der Waals surface area (Å²) in [6, 6.07) is 1.98. The number of nitrogens with one attached hydrogen (secondary N) is 1. The molecule has 0 saturated carbocycles. The Labute approximate surface area is 116 Å². The molecule has 0 radical (unpaired) electrons. The van der Waals surface area contributed by atoms with Gasteiger partial charge in [0.05, 0.1) is 13.0 Å². The maximum Gasteiger partial charge on any atom is 0.304 e. The predicted molar refractivity (Wildman–Crippen MR) is 71.3 cm³/mol. The molecule has 0 fully saturated rings. The summed E-state index contributed by atoms with van der Waals surface area (Å²) in [6.07, 6.45) is -0.0355. The fourth-order valence-electron chi connectivity index (χ4n) is 1.63. The number of nitriles is 1. The van der Waals surface area contributed by atoms with Crippen LogP contribution in [-0.4, -0.2) is 42.0 Å². The lowest BCUT2D eigenvalue weighted by Crippen LogP contribution is -2.31. The lowest BCUT2D eigenvalue weighted by molar-refractivity contribution is -0.137. The van der Waals surface area contributed by atoms with Crippen LogP contribution in [0.1, 0.15) is 23.3 Å². The lowest BCUT2D eigenvalue weighted by Gasteiger charge is -2.14. The minimum Gasteiger partial charge on any atom is -0.481 e. The van der Waals surface area contributed by atoms with Crippen molar-refractivity contribution in [2.75, 3.05) is 25.5 Å². The van der Waals surface area contributed by atoms with Crippen LogP contribution >= 0.6 is 0 Å². The van der Waals surface area contributed by atoms with Gasteiger partial charge < -0.3 is 9.52 Å². The zero-order valence-electron chi connectivity index (χ0n) is 11.7. The molecule has 1 rings (SSSR count). The van der Waals surface area contributed by atoms with Gasteiger partial charge in [-0.15, -0.1) is 0 Å². The molecule has 0 saturated heterocycles. The summed E-state index contributed by atoms with van der Waals surface area (Å²) in [4.78, 5) is 23.8. The zero-order chi connectivity index (χ0) is 15.3. The minimum atomic E-state index is -0.915. The summed E-state index contributed by atoms with van der Waals surface area (Å²) >= 11 is 0. The van der Waals surface area contributed by atoms with E-state index in [0.29, 0.717) is 16.9 Å². The first kappa shape index (κ1) is 15.7. The number of amides is 1. The predicted octanol–water partition coefficient (Wildman–Crippen LogP) is 1.11. The van der Waals surface area contributed by atoms with Gasteiger partial charge in [-0.3, -0.25) is 19.8 Å². The highest BCUT2D eigenvalue weighted by Crippen LogP contribution is 2.25. The van der Waals surface area contributed by atoms with E-state index in [9.17, 15) is 9.59 Å². The van der Waals surface area contributed by atoms with Crippen LogP contribution in [0.3, 0.4) is 0 Å². The fraction of sp³-hybridized carbons (Fsp3) is 0.462. The first-order chi connectivity index (χ1) is 9.35. The van der Waals surface area contributed by atoms with E-state index in [1.165, 1.54) is 0 Å². The molecule has 0 bridgehead atoms. The maximum atomic E-state index is 11.8. The van der Waals surface area contributed by atoms with E-state index in [1.54, 1.807) is 25.8 Å². The van der Waals surface area contributed by atoms with Crippen molar-refractivity contribution in [1.82, 2.24) is 4.90 Å². The first-order valence-corrected chi connectivity index (χ1v) is 6.05. The fourth-order valence-corrected chi connectivity index (χ4v) is 1.63. The topological polar surface area (TPSA) is 107 Å². The normalized spacial score (nSPS) is 10.3. The van der Waals surface area contributed by atoms with Crippen LogP contribution < -0.4 is 5.32 Å². The van der Waals surface area contributed by atoms with Crippen LogP contribution in [0.4, 0.5) is 5.88 Å². The van der Waals surface area contributed by atoms with Crippen LogP contribution in [0.5, 0.6) is 0 Å². The molecule has 0 atom stereocenters. The molecular formula is C13H17N3O4. The van der Waals surface area contributed by atoms with Crippen LogP contribution in [0.2, 0.25) is 0 Å². The van der Waals surface area contributed by atoms with Crippen LogP contribution in [0.25, 0.3) is 0 Å². The summed E-state index contributed by atoms with van der Waals surface area (Å²) in [6.45, 7) is 3.75. The molecule has 7 nitrogen and oxygen atoms in total. The average molecular weight is 279 g/mol. The van der Waals surface area contributed by atoms with Gasteiger partial charge in [-0.2, -0.15) is 5.26 Å². The molecule has 1 aromatic heterocycles. The zero-order valence-corrected chi connectivity index (χ0v) is 11.7. The molecule has 108 valence electrons. The highest BCUT2D eigenvalue weighted by atomic mass is 16.4. The van der Waals surface area contributed by atoms with Crippen LogP contribution in [0, 0.1) is 25.2 Å². The summed E-state index contributed by atoms with van der Waals surface area (Å²) in [5.41, 5.74) is 1.01. The van der Waals surface area contributed by atoms with Gasteiger partial charge >= 0.3 is 5.97 Å². The number of nitrogens with zero attached hydrogens (tertiary/aromatic N) is 2. The van der Waals surface area contributed by atoms with E-state index < -0.39 is 5.97 Å². The van der Waals surface area contributed by atoms with E-state index >= 15 is 0 Å². The van der Waals surface area contributed by atoms with E-state index in [2.05, 4.69) is 5.32 Å². The lowest BCUT2D eigenvalue weighted by atomic mass is 10.2. The third-order valence-electron chi connectivity index (χ3n) is 2.87. The maximum absolute atomic E-state index is 11.8. The van der Waals surface area contributed by atoms with E-state index in [1.807, 2.05) is 6.07 Å². The Bertz CT molecular complexity index is 557. The molecular weight excluding hydrogens is 262 g/mol. The standard InChI is InChI=1S/C13H17N3O4/c1-8-9(2)20-13(10(8)6-14)15-11(17)7-16(3)5-4-12(18)19/h4-5,7H2,1-3H3,(H,15,17)(H,18,19). The molecule has 1 amide bonds. The molecule has 7 heteroatoms. The molecule has 0 aliphatic heterocycles. The number of hydrogen-bond donors (Lipinski definition) is 2. The average Bonchev–Trinajstić information content (AvgIpc) is 2.61. The van der Waals surface area contributed by atoms with Gasteiger partial charge in [0.1, 0.15) is 17.4 Å². The smallest absolute Gasteiger partial charge is 0.304 e. The van der Waals surface area contributed by atoms with Gasteiger partial charge in [0.2, 0.25) is 11.8 Å². The van der Waals surface area contributed by atoms with Gasteiger partial charge in [0.25, 0.3) is 0 Å². The molecule has 0 aromatic carbocycles. The van der Waals surface area contributed by atoms with E-state index in [4.69, 9.17) is 14.8 Å². The molecule has 0 aliphatic carbocycles. The number of rotatable bonds is 6. The third kappa shape index (κ3) is 4.10. The quantitative estimate of drug-likeness (QED) is 0.808. The second-order valence-electron chi connectivity index (χ2n) is 4.53. The number of carboxylic acids is 1. The molecule has 2 N–H and O–H groups in total. The summed E-state index contributed by atoms with van der Waals surface area (Å²) < 4.78 is 5.32. The molecule has 0 aliphatic rings. The number of likely N-dealkylation sites (N-methyl/N-ethyl adjacent to an activating group) is 1. The summed E-state index contributed by atoms with van der Waals surface area (Å²) in [5.74, 6) is -0.556. The molecule has 1 heterocycles. The van der Waals surface area contributed by atoms with Gasteiger partial charge in [-0.1, -0.05) is 0 Å². The monoisotopic (exact) mass is 279 g/mol. The Kier molecular flexibility index (Phi) is 5.29. The van der Waals surface area contributed by atoms with Crippen molar-refractivity contribution >= 4 is 17.8 Å². The van der Waals surface area contributed by atoms with Crippen molar-refractivity contribution < 1.29 is 19.1 Å². The molecule has 20 heavy (non-hydrogen) atoms. The van der Waals surface area contributed by atoms with Gasteiger partial charge in [-0.25, -0.2) is 0 Å². The first-order valence-electron chi connectivity index (χ1n) is 6.05. The van der Waals surface area contributed by atoms with Crippen molar-refractivity contribution in [1.29, 1.82) is 5.26 Å². The second-order valence-corrected chi connectivity index (χ2v) is 4.53.